The molecule has 1 amide bonds. The van der Waals surface area contributed by atoms with Crippen molar-refractivity contribution < 1.29 is 22.7 Å². The van der Waals surface area contributed by atoms with Gasteiger partial charge in [-0.1, -0.05) is 24.3 Å². The number of carbonyl (C=O) groups is 1. The van der Waals surface area contributed by atoms with Gasteiger partial charge in [0.15, 0.2) is 11.5 Å². The minimum Gasteiger partial charge on any atom is -0.454 e. The lowest BCUT2D eigenvalue weighted by molar-refractivity contribution is -0.116. The average Bonchev–Trinajstić information content (AvgIpc) is 3.24. The van der Waals surface area contributed by atoms with E-state index in [1.54, 1.807) is 36.4 Å². The average molecular weight is 468 g/mol. The van der Waals surface area contributed by atoms with Crippen LogP contribution in [0.15, 0.2) is 60.7 Å². The number of sulfonamides is 1. The van der Waals surface area contributed by atoms with Gasteiger partial charge in [-0.3, -0.25) is 9.52 Å². The number of benzene rings is 2. The zero-order valence-corrected chi connectivity index (χ0v) is 19.0. The fourth-order valence-corrected chi connectivity index (χ4v) is 4.09. The van der Waals surface area contributed by atoms with Crippen molar-refractivity contribution in [3.63, 3.8) is 0 Å². The van der Waals surface area contributed by atoms with Crippen LogP contribution in [0, 0.1) is 0 Å². The highest BCUT2D eigenvalue weighted by atomic mass is 32.2. The third-order valence-electron chi connectivity index (χ3n) is 5.03. The van der Waals surface area contributed by atoms with Crippen molar-refractivity contribution >= 4 is 27.4 Å². The number of aryl methyl sites for hydroxylation is 1. The number of ether oxygens (including phenoxy) is 2. The number of pyridine rings is 1. The van der Waals surface area contributed by atoms with E-state index < -0.39 is 10.0 Å². The summed E-state index contributed by atoms with van der Waals surface area (Å²) in [5.74, 6) is 1.90. The highest BCUT2D eigenvalue weighted by molar-refractivity contribution is 7.92. The van der Waals surface area contributed by atoms with Gasteiger partial charge >= 0.3 is 0 Å². The number of hydrogen-bond acceptors (Lipinski definition) is 6. The van der Waals surface area contributed by atoms with Crippen molar-refractivity contribution in [1.82, 2.24) is 4.98 Å². The molecule has 0 unspecified atom stereocenters. The van der Waals surface area contributed by atoms with Crippen LogP contribution in [0.5, 0.6) is 11.5 Å². The van der Waals surface area contributed by atoms with E-state index in [-0.39, 0.29) is 12.7 Å². The molecular weight excluding hydrogens is 442 g/mol. The second-order valence-electron chi connectivity index (χ2n) is 7.81. The third kappa shape index (κ3) is 6.45. The molecule has 0 spiro atoms. The molecule has 2 N–H and O–H groups in total. The number of rotatable bonds is 9. The van der Waals surface area contributed by atoms with Gasteiger partial charge in [-0.15, -0.1) is 0 Å². The smallest absolute Gasteiger partial charge is 0.231 e. The van der Waals surface area contributed by atoms with E-state index in [1.807, 2.05) is 24.3 Å². The molecule has 0 atom stereocenters. The van der Waals surface area contributed by atoms with Crippen LogP contribution in [0.2, 0.25) is 0 Å². The summed E-state index contributed by atoms with van der Waals surface area (Å²) >= 11 is 0. The van der Waals surface area contributed by atoms with Crippen LogP contribution in [0.1, 0.15) is 24.8 Å². The minimum absolute atomic E-state index is 0.0992. The Morgan fingerprint density at radius 2 is 1.82 bits per heavy atom. The standard InChI is InChI=1S/C24H25N3O5S/c1-33(29,30)27-19-8-4-7-18(15-19)20-9-5-10-23(25-20)26-24(28)11-3-2-6-17-12-13-21-22(14-17)32-16-31-21/h4-5,7-10,12-15,27H,2-3,6,11,16H2,1H3,(H,25,26,28). The zero-order chi connectivity index (χ0) is 23.3. The molecule has 0 radical (unpaired) electrons. The van der Waals surface area contributed by atoms with Gasteiger partial charge in [0.1, 0.15) is 5.82 Å². The van der Waals surface area contributed by atoms with Crippen LogP contribution in [-0.2, 0) is 21.2 Å². The fourth-order valence-electron chi connectivity index (χ4n) is 3.54. The van der Waals surface area contributed by atoms with E-state index in [0.29, 0.717) is 23.6 Å². The predicted molar refractivity (Wildman–Crippen MR) is 127 cm³/mol. The zero-order valence-electron chi connectivity index (χ0n) is 18.2. The number of anilines is 2. The Balaban J connectivity index is 1.29. The molecule has 0 saturated carbocycles. The summed E-state index contributed by atoms with van der Waals surface area (Å²) in [6.07, 6.45) is 3.97. The van der Waals surface area contributed by atoms with Gasteiger partial charge in [-0.05, 0) is 61.2 Å². The number of amides is 1. The monoisotopic (exact) mass is 467 g/mol. The fraction of sp³-hybridized carbons (Fsp3) is 0.250. The number of nitrogens with zero attached hydrogens (tertiary/aromatic N) is 1. The summed E-state index contributed by atoms with van der Waals surface area (Å²) in [5.41, 5.74) is 2.98. The maximum absolute atomic E-state index is 12.4. The van der Waals surface area contributed by atoms with Crippen molar-refractivity contribution in [2.45, 2.75) is 25.7 Å². The molecule has 1 aromatic heterocycles. The van der Waals surface area contributed by atoms with Crippen LogP contribution in [0.25, 0.3) is 11.3 Å². The summed E-state index contributed by atoms with van der Waals surface area (Å²) < 4.78 is 36.1. The van der Waals surface area contributed by atoms with Gasteiger partial charge in [0.05, 0.1) is 11.9 Å². The Morgan fingerprint density at radius 1 is 1.00 bits per heavy atom. The summed E-state index contributed by atoms with van der Waals surface area (Å²) in [6.45, 7) is 0.261. The van der Waals surface area contributed by atoms with Crippen molar-refractivity contribution in [3.8, 4) is 22.8 Å². The lowest BCUT2D eigenvalue weighted by atomic mass is 10.1. The predicted octanol–water partition coefficient (Wildman–Crippen LogP) is 4.20. The molecule has 172 valence electrons. The van der Waals surface area contributed by atoms with E-state index in [9.17, 15) is 13.2 Å². The molecule has 1 aliphatic heterocycles. The molecular formula is C24H25N3O5S. The number of carbonyl (C=O) groups excluding carboxylic acids is 1. The van der Waals surface area contributed by atoms with Crippen LogP contribution < -0.4 is 19.5 Å². The molecule has 9 heteroatoms. The first-order valence-corrected chi connectivity index (χ1v) is 12.5. The first-order valence-electron chi connectivity index (χ1n) is 10.6. The van der Waals surface area contributed by atoms with E-state index in [1.165, 1.54) is 0 Å². The summed E-state index contributed by atoms with van der Waals surface area (Å²) in [5, 5.41) is 2.84. The van der Waals surface area contributed by atoms with Crippen LogP contribution in [-0.4, -0.2) is 32.4 Å². The van der Waals surface area contributed by atoms with E-state index >= 15 is 0 Å². The van der Waals surface area contributed by atoms with E-state index in [4.69, 9.17) is 9.47 Å². The number of fused-ring (bicyclic) bond motifs is 1. The molecule has 33 heavy (non-hydrogen) atoms. The maximum Gasteiger partial charge on any atom is 0.231 e. The Bertz CT molecular complexity index is 1260. The van der Waals surface area contributed by atoms with Crippen LogP contribution in [0.4, 0.5) is 11.5 Å². The van der Waals surface area contributed by atoms with Gasteiger partial charge in [-0.2, -0.15) is 0 Å². The van der Waals surface area contributed by atoms with E-state index in [0.717, 1.165) is 48.1 Å². The summed E-state index contributed by atoms with van der Waals surface area (Å²) in [4.78, 5) is 16.9. The molecule has 2 aromatic carbocycles. The Labute approximate surface area is 193 Å². The number of nitrogens with one attached hydrogen (secondary N) is 2. The van der Waals surface area contributed by atoms with Gasteiger partial charge in [0.25, 0.3) is 0 Å². The lowest BCUT2D eigenvalue weighted by Gasteiger charge is -2.09. The molecule has 0 bridgehead atoms. The van der Waals surface area contributed by atoms with Crippen molar-refractivity contribution in [2.75, 3.05) is 23.1 Å². The molecule has 0 saturated heterocycles. The molecule has 0 fully saturated rings. The van der Waals surface area contributed by atoms with E-state index in [2.05, 4.69) is 15.0 Å². The Hall–Kier alpha value is -3.59. The molecule has 3 aromatic rings. The van der Waals surface area contributed by atoms with Gasteiger partial charge in [0, 0.05) is 17.7 Å². The largest absolute Gasteiger partial charge is 0.454 e. The highest BCUT2D eigenvalue weighted by Crippen LogP contribution is 2.32. The van der Waals surface area contributed by atoms with Gasteiger partial charge < -0.3 is 14.8 Å². The summed E-state index contributed by atoms with van der Waals surface area (Å²) in [6, 6.07) is 18.2. The van der Waals surface area contributed by atoms with Crippen molar-refractivity contribution in [2.24, 2.45) is 0 Å². The first kappa shape index (κ1) is 22.6. The Morgan fingerprint density at radius 3 is 2.67 bits per heavy atom. The molecule has 8 nitrogen and oxygen atoms in total. The van der Waals surface area contributed by atoms with Gasteiger partial charge in [0.2, 0.25) is 22.7 Å². The minimum atomic E-state index is -3.37. The Kier molecular flexibility index (Phi) is 6.79. The maximum atomic E-state index is 12.4. The second kappa shape index (κ2) is 9.91. The quantitative estimate of drug-likeness (QED) is 0.457. The van der Waals surface area contributed by atoms with Gasteiger partial charge in [-0.25, -0.2) is 13.4 Å². The SMILES string of the molecule is CS(=O)(=O)Nc1cccc(-c2cccc(NC(=O)CCCCc3ccc4c(c3)OCO4)n2)c1. The topological polar surface area (TPSA) is 107 Å². The van der Waals surface area contributed by atoms with Crippen molar-refractivity contribution in [3.05, 3.63) is 66.2 Å². The summed E-state index contributed by atoms with van der Waals surface area (Å²) in [7, 11) is -3.37. The number of unbranched alkanes of at least 4 members (excludes halogenated alkanes) is 1. The molecule has 4 rings (SSSR count). The molecule has 2 heterocycles. The number of hydrogen-bond donors (Lipinski definition) is 2. The molecule has 1 aliphatic rings. The first-order chi connectivity index (χ1) is 15.9. The van der Waals surface area contributed by atoms with Crippen LogP contribution >= 0.6 is 0 Å². The second-order valence-corrected chi connectivity index (χ2v) is 9.55. The highest BCUT2D eigenvalue weighted by Gasteiger charge is 2.13. The van der Waals surface area contributed by atoms with Crippen LogP contribution in [0.3, 0.4) is 0 Å². The lowest BCUT2D eigenvalue weighted by Crippen LogP contribution is -2.12. The third-order valence-corrected chi connectivity index (χ3v) is 5.64. The normalized spacial score (nSPS) is 12.4. The molecule has 0 aliphatic carbocycles. The number of aromatic nitrogens is 1. The van der Waals surface area contributed by atoms with Crippen molar-refractivity contribution in [1.29, 1.82) is 0 Å².